The first kappa shape index (κ1) is 21.0. The molecule has 1 heterocycles. The molecule has 0 unspecified atom stereocenters. The van der Waals surface area contributed by atoms with Crippen LogP contribution in [0.5, 0.6) is 11.5 Å². The lowest BCUT2D eigenvalue weighted by molar-refractivity contribution is -0.120. The molecule has 7 nitrogen and oxygen atoms in total. The molecular weight excluding hydrogens is 392 g/mol. The van der Waals surface area contributed by atoms with Crippen LogP contribution < -0.4 is 19.1 Å². The first-order valence-electron chi connectivity index (χ1n) is 9.39. The van der Waals surface area contributed by atoms with Gasteiger partial charge >= 0.3 is 0 Å². The van der Waals surface area contributed by atoms with E-state index in [4.69, 9.17) is 9.47 Å². The highest BCUT2D eigenvalue weighted by Gasteiger charge is 2.23. The second-order valence-corrected chi connectivity index (χ2v) is 9.16. The van der Waals surface area contributed by atoms with Crippen LogP contribution in [-0.4, -0.2) is 40.3 Å². The van der Waals surface area contributed by atoms with Crippen molar-refractivity contribution in [1.82, 2.24) is 5.32 Å². The highest BCUT2D eigenvalue weighted by atomic mass is 32.2. The number of benzene rings is 2. The topological polar surface area (TPSA) is 84.9 Å². The summed E-state index contributed by atoms with van der Waals surface area (Å²) in [5.41, 5.74) is 3.17. The summed E-state index contributed by atoms with van der Waals surface area (Å²) in [6.45, 7) is 6.30. The molecule has 0 aliphatic carbocycles. The minimum Gasteiger partial charge on any atom is -0.486 e. The molecule has 0 fully saturated rings. The van der Waals surface area contributed by atoms with Crippen LogP contribution in [0.2, 0.25) is 0 Å². The average Bonchev–Trinajstić information content (AvgIpc) is 2.65. The van der Waals surface area contributed by atoms with Crippen LogP contribution in [0.1, 0.15) is 29.7 Å². The predicted molar refractivity (Wildman–Crippen MR) is 112 cm³/mol. The molecular formula is C21H26N2O5S. The maximum absolute atomic E-state index is 12.7. The van der Waals surface area contributed by atoms with E-state index in [2.05, 4.69) is 5.32 Å². The number of hydrogen-bond acceptors (Lipinski definition) is 5. The zero-order valence-electron chi connectivity index (χ0n) is 17.1. The van der Waals surface area contributed by atoms with Crippen LogP contribution in [0.15, 0.2) is 36.4 Å². The zero-order valence-corrected chi connectivity index (χ0v) is 17.9. The Labute approximate surface area is 171 Å². The molecule has 1 N–H and O–H groups in total. The van der Waals surface area contributed by atoms with Crippen LogP contribution in [0, 0.1) is 13.8 Å². The zero-order chi connectivity index (χ0) is 21.2. The standard InChI is InChI=1S/C21H26N2O5S/c1-14-5-7-18(15(2)11-14)23(29(4,25)26)13-21(24)22-16(3)17-6-8-19-20(12-17)28-10-9-27-19/h5-8,11-12,16H,9-10,13H2,1-4H3,(H,22,24)/t16-/m0/s1. The fraction of sp³-hybridized carbons (Fsp3) is 0.381. The van der Waals surface area contributed by atoms with E-state index in [1.165, 1.54) is 0 Å². The van der Waals surface area contributed by atoms with Gasteiger partial charge < -0.3 is 14.8 Å². The summed E-state index contributed by atoms with van der Waals surface area (Å²) < 4.78 is 36.9. The molecule has 29 heavy (non-hydrogen) atoms. The second-order valence-electron chi connectivity index (χ2n) is 7.25. The van der Waals surface area contributed by atoms with Gasteiger partial charge in [0.1, 0.15) is 19.8 Å². The monoisotopic (exact) mass is 418 g/mol. The van der Waals surface area contributed by atoms with E-state index in [0.717, 1.165) is 27.3 Å². The van der Waals surface area contributed by atoms with Gasteiger partial charge in [-0.1, -0.05) is 23.8 Å². The van der Waals surface area contributed by atoms with Crippen molar-refractivity contribution in [2.24, 2.45) is 0 Å². The van der Waals surface area contributed by atoms with Gasteiger partial charge in [0.15, 0.2) is 11.5 Å². The van der Waals surface area contributed by atoms with E-state index in [1.807, 2.05) is 51.1 Å². The van der Waals surface area contributed by atoms with Crippen molar-refractivity contribution in [3.05, 3.63) is 53.1 Å². The molecule has 0 saturated heterocycles. The molecule has 0 spiro atoms. The van der Waals surface area contributed by atoms with Crippen molar-refractivity contribution in [3.8, 4) is 11.5 Å². The minimum atomic E-state index is -3.62. The number of hydrogen-bond donors (Lipinski definition) is 1. The number of sulfonamides is 1. The Morgan fingerprint density at radius 3 is 2.45 bits per heavy atom. The molecule has 2 aromatic rings. The third-order valence-corrected chi connectivity index (χ3v) is 5.88. The molecule has 1 atom stereocenters. The lowest BCUT2D eigenvalue weighted by Crippen LogP contribution is -2.41. The van der Waals surface area contributed by atoms with Crippen molar-refractivity contribution in [2.75, 3.05) is 30.3 Å². The van der Waals surface area contributed by atoms with E-state index in [-0.39, 0.29) is 12.6 Å². The van der Waals surface area contributed by atoms with Gasteiger partial charge in [-0.2, -0.15) is 0 Å². The average molecular weight is 419 g/mol. The molecule has 1 amide bonds. The predicted octanol–water partition coefficient (Wildman–Crippen LogP) is 2.72. The Kier molecular flexibility index (Phi) is 6.02. The number of amides is 1. The first-order valence-corrected chi connectivity index (χ1v) is 11.2. The largest absolute Gasteiger partial charge is 0.486 e. The Morgan fingerprint density at radius 2 is 1.79 bits per heavy atom. The quantitative estimate of drug-likeness (QED) is 0.780. The lowest BCUT2D eigenvalue weighted by Gasteiger charge is -2.25. The number of fused-ring (bicyclic) bond motifs is 1. The Morgan fingerprint density at radius 1 is 1.10 bits per heavy atom. The summed E-state index contributed by atoms with van der Waals surface area (Å²) in [5, 5.41) is 2.86. The van der Waals surface area contributed by atoms with Crippen LogP contribution >= 0.6 is 0 Å². The summed E-state index contributed by atoms with van der Waals surface area (Å²) in [6, 6.07) is 10.6. The number of nitrogens with one attached hydrogen (secondary N) is 1. The summed E-state index contributed by atoms with van der Waals surface area (Å²) in [6.07, 6.45) is 1.10. The molecule has 0 bridgehead atoms. The molecule has 1 aliphatic heterocycles. The SMILES string of the molecule is Cc1ccc(N(CC(=O)N[C@@H](C)c2ccc3c(c2)OCCO3)S(C)(=O)=O)c(C)c1. The Balaban J connectivity index is 1.75. The molecule has 8 heteroatoms. The van der Waals surface area contributed by atoms with E-state index in [1.54, 1.807) is 6.07 Å². The third kappa shape index (κ3) is 5.00. The van der Waals surface area contributed by atoms with Gasteiger partial charge in [-0.05, 0) is 50.1 Å². The van der Waals surface area contributed by atoms with Gasteiger partial charge in [-0.15, -0.1) is 0 Å². The van der Waals surface area contributed by atoms with Crippen molar-refractivity contribution in [1.29, 1.82) is 0 Å². The van der Waals surface area contributed by atoms with Crippen LogP contribution in [0.25, 0.3) is 0 Å². The van der Waals surface area contributed by atoms with Crippen LogP contribution in [-0.2, 0) is 14.8 Å². The minimum absolute atomic E-state index is 0.294. The molecule has 0 aromatic heterocycles. The number of anilines is 1. The maximum atomic E-state index is 12.7. The van der Waals surface area contributed by atoms with Gasteiger partial charge in [-0.3, -0.25) is 9.10 Å². The summed E-state index contributed by atoms with van der Waals surface area (Å²) in [5.74, 6) is 0.928. The summed E-state index contributed by atoms with van der Waals surface area (Å²) in [4.78, 5) is 12.7. The van der Waals surface area contributed by atoms with E-state index in [9.17, 15) is 13.2 Å². The Bertz CT molecular complexity index is 1020. The molecule has 156 valence electrons. The van der Waals surface area contributed by atoms with Gasteiger partial charge in [0, 0.05) is 0 Å². The maximum Gasteiger partial charge on any atom is 0.241 e. The molecule has 3 rings (SSSR count). The normalized spacial score (nSPS) is 14.2. The summed E-state index contributed by atoms with van der Waals surface area (Å²) in [7, 11) is -3.62. The van der Waals surface area contributed by atoms with Crippen LogP contribution in [0.4, 0.5) is 5.69 Å². The highest BCUT2D eigenvalue weighted by molar-refractivity contribution is 7.92. The van der Waals surface area contributed by atoms with Gasteiger partial charge in [0.05, 0.1) is 18.0 Å². The number of aryl methyl sites for hydroxylation is 2. The number of rotatable bonds is 6. The van der Waals surface area contributed by atoms with E-state index in [0.29, 0.717) is 30.4 Å². The van der Waals surface area contributed by atoms with Gasteiger partial charge in [0.25, 0.3) is 0 Å². The molecule has 1 aliphatic rings. The van der Waals surface area contributed by atoms with E-state index < -0.39 is 15.9 Å². The number of nitrogens with zero attached hydrogens (tertiary/aromatic N) is 1. The molecule has 0 saturated carbocycles. The number of ether oxygens (including phenoxy) is 2. The first-order chi connectivity index (χ1) is 13.6. The van der Waals surface area contributed by atoms with Crippen LogP contribution in [0.3, 0.4) is 0 Å². The lowest BCUT2D eigenvalue weighted by atomic mass is 10.1. The smallest absolute Gasteiger partial charge is 0.241 e. The second kappa shape index (κ2) is 8.32. The van der Waals surface area contributed by atoms with Crippen molar-refractivity contribution in [3.63, 3.8) is 0 Å². The van der Waals surface area contributed by atoms with Gasteiger partial charge in [0.2, 0.25) is 15.9 Å². The fourth-order valence-corrected chi connectivity index (χ4v) is 4.21. The van der Waals surface area contributed by atoms with E-state index >= 15 is 0 Å². The number of carbonyl (C=O) groups excluding carboxylic acids is 1. The van der Waals surface area contributed by atoms with Crippen molar-refractivity contribution >= 4 is 21.6 Å². The fourth-order valence-electron chi connectivity index (χ4n) is 3.30. The van der Waals surface area contributed by atoms with Crippen molar-refractivity contribution < 1.29 is 22.7 Å². The van der Waals surface area contributed by atoms with Crippen molar-refractivity contribution in [2.45, 2.75) is 26.8 Å². The van der Waals surface area contributed by atoms with Gasteiger partial charge in [-0.25, -0.2) is 8.42 Å². The Hall–Kier alpha value is -2.74. The molecule has 0 radical (unpaired) electrons. The molecule has 2 aromatic carbocycles. The highest BCUT2D eigenvalue weighted by Crippen LogP contribution is 2.32. The third-order valence-electron chi connectivity index (χ3n) is 4.75. The summed E-state index contributed by atoms with van der Waals surface area (Å²) >= 11 is 0. The number of carbonyl (C=O) groups is 1.